The smallest absolute Gasteiger partial charge is 0.353 e. The number of benzene rings is 4. The van der Waals surface area contributed by atoms with Crippen molar-refractivity contribution in [3.8, 4) is 17.2 Å². The summed E-state index contributed by atoms with van der Waals surface area (Å²) >= 11 is 1.35. The summed E-state index contributed by atoms with van der Waals surface area (Å²) < 4.78 is 16.9. The van der Waals surface area contributed by atoms with Crippen molar-refractivity contribution in [2.45, 2.75) is 0 Å². The van der Waals surface area contributed by atoms with Crippen LogP contribution in [0.2, 0.25) is 0 Å². The third-order valence-electron chi connectivity index (χ3n) is 6.01. The van der Waals surface area contributed by atoms with Crippen LogP contribution in [0.1, 0.15) is 9.67 Å². The minimum absolute atomic E-state index is 0.372. The maximum atomic E-state index is 12.6. The molecule has 0 spiro atoms. The van der Waals surface area contributed by atoms with Crippen LogP contribution in [0, 0.1) is 0 Å². The minimum Gasteiger partial charge on any atom is -0.493 e. The number of nitrogens with zero attached hydrogens (tertiary/aromatic N) is 1. The summed E-state index contributed by atoms with van der Waals surface area (Å²) in [6.45, 7) is 0. The Hall–Kier alpha value is -4.16. The molecule has 0 unspecified atom stereocenters. The van der Waals surface area contributed by atoms with Crippen LogP contribution in [0.3, 0.4) is 0 Å². The first-order valence-electron chi connectivity index (χ1n) is 10.7. The number of carbonyl (C=O) groups is 1. The zero-order valence-corrected chi connectivity index (χ0v) is 19.3. The standard InChI is InChI=1S/C28H19NO4S/c1-31-24-14-20-19-13-17(33-28(30)26-8-5-11-34-26)9-10-18(19)27-22(21(20)15-25(24)32-2)12-16-6-3-4-7-23(16)29-27/h3-15H,1-2H3. The molecule has 4 aromatic carbocycles. The number of aromatic nitrogens is 1. The first kappa shape index (κ1) is 20.4. The molecule has 0 saturated carbocycles. The van der Waals surface area contributed by atoms with Gasteiger partial charge in [0.15, 0.2) is 11.5 Å². The van der Waals surface area contributed by atoms with Gasteiger partial charge in [-0.25, -0.2) is 9.78 Å². The number of pyridine rings is 1. The monoisotopic (exact) mass is 465 g/mol. The molecule has 0 atom stereocenters. The van der Waals surface area contributed by atoms with E-state index in [1.54, 1.807) is 20.3 Å². The van der Waals surface area contributed by atoms with Gasteiger partial charge in [-0.3, -0.25) is 0 Å². The Bertz CT molecular complexity index is 1720. The molecular formula is C28H19NO4S. The lowest BCUT2D eigenvalue weighted by atomic mass is 9.95. The van der Waals surface area contributed by atoms with E-state index in [2.05, 4.69) is 12.1 Å². The average molecular weight is 466 g/mol. The molecule has 0 amide bonds. The number of methoxy groups -OCH3 is 2. The quantitative estimate of drug-likeness (QED) is 0.122. The molecular weight excluding hydrogens is 446 g/mol. The van der Waals surface area contributed by atoms with E-state index < -0.39 is 0 Å². The van der Waals surface area contributed by atoms with E-state index in [4.69, 9.17) is 19.2 Å². The Morgan fingerprint density at radius 3 is 2.24 bits per heavy atom. The van der Waals surface area contributed by atoms with Crippen molar-refractivity contribution < 1.29 is 19.0 Å². The summed E-state index contributed by atoms with van der Waals surface area (Å²) in [7, 11) is 3.25. The van der Waals surface area contributed by atoms with Gasteiger partial charge in [-0.2, -0.15) is 0 Å². The number of para-hydroxylation sites is 1. The number of carbonyl (C=O) groups excluding carboxylic acids is 1. The highest BCUT2D eigenvalue weighted by Gasteiger charge is 2.17. The Morgan fingerprint density at radius 1 is 0.765 bits per heavy atom. The molecule has 5 nitrogen and oxygen atoms in total. The summed E-state index contributed by atoms with van der Waals surface area (Å²) in [6.07, 6.45) is 0. The van der Waals surface area contributed by atoms with Crippen molar-refractivity contribution in [3.63, 3.8) is 0 Å². The van der Waals surface area contributed by atoms with Crippen LogP contribution in [-0.2, 0) is 0 Å². The third-order valence-corrected chi connectivity index (χ3v) is 6.86. The van der Waals surface area contributed by atoms with Gasteiger partial charge in [0, 0.05) is 16.2 Å². The van der Waals surface area contributed by atoms with Gasteiger partial charge in [-0.15, -0.1) is 11.3 Å². The van der Waals surface area contributed by atoms with Crippen molar-refractivity contribution in [1.29, 1.82) is 0 Å². The van der Waals surface area contributed by atoms with E-state index in [1.165, 1.54) is 11.3 Å². The molecule has 0 aliphatic heterocycles. The van der Waals surface area contributed by atoms with Gasteiger partial charge in [-0.05, 0) is 70.1 Å². The summed E-state index contributed by atoms with van der Waals surface area (Å²) in [5.41, 5.74) is 1.80. The SMILES string of the molecule is COc1cc2c3cc(OC(=O)c4cccs4)ccc3c3nc4ccccc4cc3c2cc1OC. The number of hydrogen-bond acceptors (Lipinski definition) is 6. The molecule has 6 rings (SSSR count). The minimum atomic E-state index is -0.372. The van der Waals surface area contributed by atoms with Gasteiger partial charge < -0.3 is 14.2 Å². The summed E-state index contributed by atoms with van der Waals surface area (Å²) in [4.78, 5) is 18.1. The van der Waals surface area contributed by atoms with Gasteiger partial charge in [0.25, 0.3) is 0 Å². The number of ether oxygens (including phenoxy) is 3. The van der Waals surface area contributed by atoms with Gasteiger partial charge in [0.1, 0.15) is 10.6 Å². The first-order valence-corrected chi connectivity index (χ1v) is 11.6. The molecule has 2 aromatic heterocycles. The molecule has 0 aliphatic carbocycles. The van der Waals surface area contributed by atoms with Crippen LogP contribution in [0.5, 0.6) is 17.2 Å². The fourth-order valence-electron chi connectivity index (χ4n) is 4.42. The normalized spacial score (nSPS) is 11.4. The highest BCUT2D eigenvalue weighted by atomic mass is 32.1. The van der Waals surface area contributed by atoms with Crippen LogP contribution >= 0.6 is 11.3 Å². The molecule has 0 fully saturated rings. The van der Waals surface area contributed by atoms with E-state index in [1.807, 2.05) is 60.0 Å². The maximum Gasteiger partial charge on any atom is 0.353 e. The predicted molar refractivity (Wildman–Crippen MR) is 137 cm³/mol. The molecule has 0 N–H and O–H groups in total. The number of rotatable bonds is 4. The van der Waals surface area contributed by atoms with Crippen molar-refractivity contribution >= 4 is 60.7 Å². The highest BCUT2D eigenvalue weighted by Crippen LogP contribution is 2.42. The van der Waals surface area contributed by atoms with Crippen LogP contribution in [-0.4, -0.2) is 25.2 Å². The number of fused-ring (bicyclic) bond motifs is 7. The van der Waals surface area contributed by atoms with Crippen LogP contribution < -0.4 is 14.2 Å². The Kier molecular flexibility index (Phi) is 4.81. The van der Waals surface area contributed by atoms with Crippen molar-refractivity contribution in [2.24, 2.45) is 0 Å². The van der Waals surface area contributed by atoms with E-state index in [0.29, 0.717) is 22.1 Å². The van der Waals surface area contributed by atoms with E-state index in [-0.39, 0.29) is 5.97 Å². The number of hydrogen-bond donors (Lipinski definition) is 0. The summed E-state index contributed by atoms with van der Waals surface area (Å²) in [5.74, 6) is 1.37. The van der Waals surface area contributed by atoms with E-state index in [9.17, 15) is 4.79 Å². The molecule has 0 bridgehead atoms. The van der Waals surface area contributed by atoms with Crippen LogP contribution in [0.4, 0.5) is 0 Å². The second kappa shape index (κ2) is 8.01. The molecule has 2 heterocycles. The van der Waals surface area contributed by atoms with Gasteiger partial charge in [0.05, 0.1) is 25.3 Å². The fraction of sp³-hybridized carbons (Fsp3) is 0.0714. The molecule has 6 heteroatoms. The topological polar surface area (TPSA) is 57.7 Å². The van der Waals surface area contributed by atoms with Gasteiger partial charge in [0.2, 0.25) is 0 Å². The first-order chi connectivity index (χ1) is 16.7. The summed E-state index contributed by atoms with van der Waals surface area (Å²) in [6, 6.07) is 23.4. The van der Waals surface area contributed by atoms with Crippen LogP contribution in [0.15, 0.2) is 78.2 Å². The van der Waals surface area contributed by atoms with Crippen molar-refractivity contribution in [3.05, 3.63) is 83.1 Å². The fourth-order valence-corrected chi connectivity index (χ4v) is 5.02. The van der Waals surface area contributed by atoms with Crippen molar-refractivity contribution in [1.82, 2.24) is 4.98 Å². The summed E-state index contributed by atoms with van der Waals surface area (Å²) in [5, 5.41) is 7.77. The van der Waals surface area contributed by atoms with Crippen molar-refractivity contribution in [2.75, 3.05) is 14.2 Å². The highest BCUT2D eigenvalue weighted by molar-refractivity contribution is 7.12. The molecule has 34 heavy (non-hydrogen) atoms. The second-order valence-corrected chi connectivity index (χ2v) is 8.85. The zero-order chi connectivity index (χ0) is 23.2. The second-order valence-electron chi connectivity index (χ2n) is 7.90. The third kappa shape index (κ3) is 3.23. The van der Waals surface area contributed by atoms with Crippen LogP contribution in [0.25, 0.3) is 43.4 Å². The molecule has 0 aliphatic rings. The lowest BCUT2D eigenvalue weighted by molar-refractivity contribution is 0.0740. The number of esters is 1. The van der Waals surface area contributed by atoms with Gasteiger partial charge >= 0.3 is 5.97 Å². The average Bonchev–Trinajstić information content (AvgIpc) is 3.42. The lowest BCUT2D eigenvalue weighted by Crippen LogP contribution is -2.06. The molecule has 6 aromatic rings. The lowest BCUT2D eigenvalue weighted by Gasteiger charge is -2.15. The Labute approximate surface area is 199 Å². The molecule has 0 radical (unpaired) electrons. The zero-order valence-electron chi connectivity index (χ0n) is 18.5. The largest absolute Gasteiger partial charge is 0.493 e. The van der Waals surface area contributed by atoms with Gasteiger partial charge in [-0.1, -0.05) is 24.3 Å². The Morgan fingerprint density at radius 2 is 1.50 bits per heavy atom. The van der Waals surface area contributed by atoms with E-state index >= 15 is 0 Å². The molecule has 166 valence electrons. The molecule has 0 saturated heterocycles. The van der Waals surface area contributed by atoms with E-state index in [0.717, 1.165) is 43.4 Å². The number of thiophene rings is 1. The predicted octanol–water partition coefficient (Wildman–Crippen LogP) is 6.99. The Balaban J connectivity index is 1.68. The maximum absolute atomic E-state index is 12.6.